The number of thioether (sulfide) groups is 2. The Morgan fingerprint density at radius 3 is 2.74 bits per heavy atom. The Balaban J connectivity index is 1.43. The number of hydrogen-bond donors (Lipinski definition) is 5. The van der Waals surface area contributed by atoms with Crippen molar-refractivity contribution in [2.45, 2.75) is 29.1 Å². The Labute approximate surface area is 211 Å². The molecule has 0 bridgehead atoms. The van der Waals surface area contributed by atoms with E-state index in [2.05, 4.69) is 20.5 Å². The number of aromatic nitrogens is 3. The molecule has 1 aromatic heterocycles. The number of fused-ring (bicyclic) bond motifs is 1. The molecule has 12 nitrogen and oxygen atoms in total. The molecule has 0 radical (unpaired) electrons. The second-order valence-electron chi connectivity index (χ2n) is 7.50. The van der Waals surface area contributed by atoms with Gasteiger partial charge in [0, 0.05) is 22.1 Å². The van der Waals surface area contributed by atoms with Crippen LogP contribution in [-0.4, -0.2) is 82.1 Å². The average Bonchev–Trinajstić information content (AvgIpc) is 3.26. The maximum absolute atomic E-state index is 12.8. The summed E-state index contributed by atoms with van der Waals surface area (Å²) in [7, 11) is 0. The van der Waals surface area contributed by atoms with E-state index in [4.69, 9.17) is 16.7 Å². The number of aliphatic hydroxyl groups is 1. The van der Waals surface area contributed by atoms with Crippen LogP contribution in [0.15, 0.2) is 40.7 Å². The minimum absolute atomic E-state index is 0.164. The fraction of sp³-hybridized carbons (Fsp3) is 0.300. The highest BCUT2D eigenvalue weighted by Crippen LogP contribution is 2.41. The third-order valence-corrected chi connectivity index (χ3v) is 7.82. The molecule has 1 fully saturated rings. The number of carboxylic acid groups (broad SMARTS) is 2. The van der Waals surface area contributed by atoms with E-state index in [1.807, 2.05) is 0 Å². The van der Waals surface area contributed by atoms with Gasteiger partial charge in [0.25, 0.3) is 11.8 Å². The number of β-lactam (4-membered cyclic amide) rings is 1. The summed E-state index contributed by atoms with van der Waals surface area (Å²) < 4.78 is 0. The number of rotatable bonds is 9. The summed E-state index contributed by atoms with van der Waals surface area (Å²) in [5.74, 6) is -3.18. The van der Waals surface area contributed by atoms with Gasteiger partial charge in [0.1, 0.15) is 29.4 Å². The highest BCUT2D eigenvalue weighted by atomic mass is 35.5. The Morgan fingerprint density at radius 2 is 2.06 bits per heavy atom. The molecule has 0 saturated carbocycles. The van der Waals surface area contributed by atoms with E-state index in [9.17, 15) is 29.4 Å². The molecular weight excluding hydrogens is 522 g/mol. The lowest BCUT2D eigenvalue weighted by Gasteiger charge is -2.49. The lowest BCUT2D eigenvalue weighted by Crippen LogP contribution is -2.70. The lowest BCUT2D eigenvalue weighted by molar-refractivity contribution is -0.151. The molecule has 2 aliphatic rings. The van der Waals surface area contributed by atoms with E-state index in [1.54, 1.807) is 12.1 Å². The molecule has 35 heavy (non-hydrogen) atoms. The molecule has 4 rings (SSSR count). The van der Waals surface area contributed by atoms with Gasteiger partial charge >= 0.3 is 11.9 Å². The van der Waals surface area contributed by atoms with Gasteiger partial charge in [-0.25, -0.2) is 9.78 Å². The number of aromatic amines is 1. The first kappa shape index (κ1) is 25.0. The fourth-order valence-electron chi connectivity index (χ4n) is 3.58. The molecule has 15 heteroatoms. The van der Waals surface area contributed by atoms with Crippen molar-refractivity contribution in [2.24, 2.45) is 0 Å². The van der Waals surface area contributed by atoms with E-state index in [-0.39, 0.29) is 45.2 Å². The second-order valence-corrected chi connectivity index (χ2v) is 9.96. The quantitative estimate of drug-likeness (QED) is 0.222. The van der Waals surface area contributed by atoms with Crippen molar-refractivity contribution in [3.63, 3.8) is 0 Å². The van der Waals surface area contributed by atoms with Gasteiger partial charge in [0.05, 0.1) is 0 Å². The summed E-state index contributed by atoms with van der Waals surface area (Å²) in [6.45, 7) is 0. The third kappa shape index (κ3) is 5.15. The highest BCUT2D eigenvalue weighted by molar-refractivity contribution is 8.01. The maximum Gasteiger partial charge on any atom is 0.352 e. The predicted octanol–water partition coefficient (Wildman–Crippen LogP) is 0.650. The molecule has 3 atom stereocenters. The van der Waals surface area contributed by atoms with Gasteiger partial charge in [0.15, 0.2) is 6.10 Å². The zero-order valence-electron chi connectivity index (χ0n) is 17.7. The SMILES string of the molecule is O=C(O)Cc1nc(SCC2=C(C(=O)O)N3C(=O)C(NC(=O)C(O)c4ccccc4Cl)[C@H]3SC2)n[nH]1. The molecular formula is C20H18ClN5O7S2. The Kier molecular flexibility index (Phi) is 7.35. The van der Waals surface area contributed by atoms with E-state index in [0.717, 1.165) is 16.7 Å². The second kappa shape index (κ2) is 10.3. The van der Waals surface area contributed by atoms with Crippen molar-refractivity contribution in [3.05, 3.63) is 51.9 Å². The predicted molar refractivity (Wildman–Crippen MR) is 125 cm³/mol. The number of nitrogens with zero attached hydrogens (tertiary/aromatic N) is 3. The molecule has 1 saturated heterocycles. The number of benzene rings is 1. The molecule has 3 heterocycles. The summed E-state index contributed by atoms with van der Waals surface area (Å²) in [6.07, 6.45) is -1.91. The summed E-state index contributed by atoms with van der Waals surface area (Å²) in [4.78, 5) is 53.2. The van der Waals surface area contributed by atoms with Crippen LogP contribution in [0.2, 0.25) is 5.02 Å². The summed E-state index contributed by atoms with van der Waals surface area (Å²) >= 11 is 8.41. The smallest absolute Gasteiger partial charge is 0.352 e. The molecule has 5 N–H and O–H groups in total. The van der Waals surface area contributed by atoms with Gasteiger partial charge in [-0.3, -0.25) is 24.4 Å². The van der Waals surface area contributed by atoms with E-state index in [1.165, 1.54) is 23.9 Å². The number of nitrogens with one attached hydrogen (secondary N) is 2. The van der Waals surface area contributed by atoms with Gasteiger partial charge in [0.2, 0.25) is 5.16 Å². The number of carboxylic acids is 2. The summed E-state index contributed by atoms with van der Waals surface area (Å²) in [6, 6.07) is 5.27. The van der Waals surface area contributed by atoms with Crippen molar-refractivity contribution in [1.82, 2.24) is 25.4 Å². The van der Waals surface area contributed by atoms with Gasteiger partial charge in [-0.2, -0.15) is 0 Å². The van der Waals surface area contributed by atoms with Crippen LogP contribution in [0.1, 0.15) is 17.5 Å². The number of aliphatic hydroxyl groups excluding tert-OH is 1. The average molecular weight is 540 g/mol. The van der Waals surface area contributed by atoms with Gasteiger partial charge < -0.3 is 20.6 Å². The number of carbonyl (C=O) groups excluding carboxylic acids is 2. The summed E-state index contributed by atoms with van der Waals surface area (Å²) in [5, 5.41) is 37.6. The molecule has 1 aromatic carbocycles. The van der Waals surface area contributed by atoms with Crippen LogP contribution < -0.4 is 5.32 Å². The van der Waals surface area contributed by atoms with Gasteiger partial charge in [-0.15, -0.1) is 16.9 Å². The van der Waals surface area contributed by atoms with Crippen LogP contribution in [0.3, 0.4) is 0 Å². The van der Waals surface area contributed by atoms with Crippen LogP contribution in [0.4, 0.5) is 0 Å². The fourth-order valence-corrected chi connectivity index (χ4v) is 6.12. The minimum Gasteiger partial charge on any atom is -0.481 e. The lowest BCUT2D eigenvalue weighted by atomic mass is 10.0. The van der Waals surface area contributed by atoms with Crippen molar-refractivity contribution in [3.8, 4) is 0 Å². The van der Waals surface area contributed by atoms with Gasteiger partial charge in [-0.1, -0.05) is 41.6 Å². The van der Waals surface area contributed by atoms with Gasteiger partial charge in [-0.05, 0) is 11.6 Å². The van der Waals surface area contributed by atoms with E-state index >= 15 is 0 Å². The number of aliphatic carboxylic acids is 2. The molecule has 2 aliphatic heterocycles. The number of carbonyl (C=O) groups is 4. The standard InChI is InChI=1S/C20H18ClN5O7S2/c21-10-4-2-1-3-9(10)15(29)16(30)23-13-17(31)26-14(19(32)33)8(6-34-18(13)26)7-35-20-22-11(24-25-20)5-12(27)28/h1-4,13,15,18,29H,5-7H2,(H,23,30)(H,27,28)(H,32,33)(H,22,24,25)/t13?,15?,18-/m1/s1. The normalized spacial score (nSPS) is 20.2. The van der Waals surface area contributed by atoms with E-state index in [0.29, 0.717) is 5.57 Å². The maximum atomic E-state index is 12.8. The van der Waals surface area contributed by atoms with Crippen LogP contribution in [0.25, 0.3) is 0 Å². The van der Waals surface area contributed by atoms with Crippen molar-refractivity contribution in [2.75, 3.05) is 11.5 Å². The van der Waals surface area contributed by atoms with Crippen molar-refractivity contribution in [1.29, 1.82) is 0 Å². The van der Waals surface area contributed by atoms with Crippen LogP contribution in [0.5, 0.6) is 0 Å². The highest BCUT2D eigenvalue weighted by Gasteiger charge is 2.54. The minimum atomic E-state index is -1.59. The Hall–Kier alpha value is -3.07. The number of halogens is 1. The summed E-state index contributed by atoms with van der Waals surface area (Å²) in [5.41, 5.74) is 0.475. The van der Waals surface area contributed by atoms with Crippen molar-refractivity contribution >= 4 is 58.9 Å². The van der Waals surface area contributed by atoms with Crippen LogP contribution in [-0.2, 0) is 25.6 Å². The molecule has 184 valence electrons. The topological polar surface area (TPSA) is 186 Å². The first-order chi connectivity index (χ1) is 16.7. The third-order valence-electron chi connectivity index (χ3n) is 5.20. The van der Waals surface area contributed by atoms with E-state index < -0.39 is 41.3 Å². The molecule has 0 aliphatic carbocycles. The number of hydrogen-bond acceptors (Lipinski definition) is 9. The zero-order valence-corrected chi connectivity index (χ0v) is 20.1. The Bertz CT molecular complexity index is 1240. The van der Waals surface area contributed by atoms with Crippen LogP contribution >= 0.6 is 35.1 Å². The molecule has 2 unspecified atom stereocenters. The Morgan fingerprint density at radius 1 is 1.31 bits per heavy atom. The van der Waals surface area contributed by atoms with Crippen LogP contribution in [0, 0.1) is 0 Å². The number of H-pyrrole nitrogens is 1. The number of amides is 2. The molecule has 2 amide bonds. The molecule has 2 aromatic rings. The first-order valence-corrected chi connectivity index (χ1v) is 12.5. The largest absolute Gasteiger partial charge is 0.481 e. The molecule has 0 spiro atoms. The first-order valence-electron chi connectivity index (χ1n) is 10.1. The monoisotopic (exact) mass is 539 g/mol. The zero-order chi connectivity index (χ0) is 25.3. The van der Waals surface area contributed by atoms with Crippen molar-refractivity contribution < 1.29 is 34.5 Å².